The molecule has 1 aromatic carbocycles. The Kier molecular flexibility index (Phi) is 8.50. The van der Waals surface area contributed by atoms with Crippen LogP contribution in [0, 0.1) is 5.92 Å². The van der Waals surface area contributed by atoms with E-state index < -0.39 is 0 Å². The van der Waals surface area contributed by atoms with Gasteiger partial charge in [-0.15, -0.1) is 0 Å². The van der Waals surface area contributed by atoms with Crippen molar-refractivity contribution in [2.45, 2.75) is 45.4 Å². The lowest BCUT2D eigenvalue weighted by atomic mass is 9.89. The third kappa shape index (κ3) is 7.12. The van der Waals surface area contributed by atoms with Crippen molar-refractivity contribution in [2.75, 3.05) is 51.1 Å². The molecule has 1 heterocycles. The highest BCUT2D eigenvalue weighted by Crippen LogP contribution is 2.24. The minimum atomic E-state index is -0.117. The van der Waals surface area contributed by atoms with E-state index in [1.54, 1.807) is 18.2 Å². The number of rotatable bonds is 7. The second-order valence-corrected chi connectivity index (χ2v) is 8.42. The Balaban J connectivity index is 1.44. The largest absolute Gasteiger partial charge is 0.352 e. The molecule has 2 aliphatic rings. The fraction of sp³-hybridized carbons (Fsp3) is 0.652. The predicted octanol–water partition coefficient (Wildman–Crippen LogP) is 2.96. The fourth-order valence-corrected chi connectivity index (χ4v) is 4.50. The number of hydrogen-bond acceptors (Lipinski definition) is 4. The van der Waals surface area contributed by atoms with Crippen LogP contribution in [0.5, 0.6) is 0 Å². The zero-order chi connectivity index (χ0) is 20.5. The van der Waals surface area contributed by atoms with Gasteiger partial charge in [0, 0.05) is 37.4 Å². The maximum Gasteiger partial charge on any atom is 0.251 e. The predicted molar refractivity (Wildman–Crippen MR) is 117 cm³/mol. The number of nitrogens with zero attached hydrogens (tertiary/aromatic N) is 2. The third-order valence-electron chi connectivity index (χ3n) is 6.04. The van der Waals surface area contributed by atoms with Crippen molar-refractivity contribution in [3.63, 3.8) is 0 Å². The van der Waals surface area contributed by atoms with Crippen molar-refractivity contribution in [3.8, 4) is 0 Å². The van der Waals surface area contributed by atoms with Crippen LogP contribution in [-0.2, 0) is 4.79 Å². The molecule has 1 saturated heterocycles. The van der Waals surface area contributed by atoms with Gasteiger partial charge in [-0.3, -0.25) is 14.5 Å². The lowest BCUT2D eigenvalue weighted by molar-refractivity contribution is -0.117. The first-order valence-corrected chi connectivity index (χ1v) is 11.3. The third-order valence-corrected chi connectivity index (χ3v) is 6.04. The van der Waals surface area contributed by atoms with Crippen LogP contribution in [0.25, 0.3) is 0 Å². The summed E-state index contributed by atoms with van der Waals surface area (Å²) in [6.45, 7) is 8.21. The highest BCUT2D eigenvalue weighted by atomic mass is 16.2. The lowest BCUT2D eigenvalue weighted by Gasteiger charge is -2.28. The van der Waals surface area contributed by atoms with Crippen LogP contribution < -0.4 is 10.6 Å². The van der Waals surface area contributed by atoms with E-state index in [1.807, 2.05) is 13.0 Å². The number of carbonyl (C=O) groups excluding carboxylic acids is 2. The van der Waals surface area contributed by atoms with Crippen LogP contribution in [0.2, 0.25) is 0 Å². The van der Waals surface area contributed by atoms with Gasteiger partial charge in [-0.25, -0.2) is 0 Å². The Labute approximate surface area is 175 Å². The summed E-state index contributed by atoms with van der Waals surface area (Å²) in [7, 11) is 0. The highest BCUT2D eigenvalue weighted by molar-refractivity contribution is 5.97. The number of benzene rings is 1. The topological polar surface area (TPSA) is 64.7 Å². The molecular formula is C23H36N4O2. The van der Waals surface area contributed by atoms with Gasteiger partial charge in [0.15, 0.2) is 0 Å². The number of amides is 2. The van der Waals surface area contributed by atoms with E-state index in [2.05, 4.69) is 20.4 Å². The van der Waals surface area contributed by atoms with Gasteiger partial charge in [0.25, 0.3) is 5.91 Å². The van der Waals surface area contributed by atoms with E-state index in [0.717, 1.165) is 38.5 Å². The van der Waals surface area contributed by atoms with E-state index in [-0.39, 0.29) is 11.8 Å². The number of hydrogen-bond donors (Lipinski definition) is 2. The van der Waals surface area contributed by atoms with Crippen molar-refractivity contribution >= 4 is 17.5 Å². The molecule has 6 heteroatoms. The van der Waals surface area contributed by atoms with E-state index in [9.17, 15) is 9.59 Å². The summed E-state index contributed by atoms with van der Waals surface area (Å²) in [6, 6.07) is 7.12. The Morgan fingerprint density at radius 1 is 1.00 bits per heavy atom. The molecule has 3 rings (SSSR count). The second kappa shape index (κ2) is 11.3. The molecule has 29 heavy (non-hydrogen) atoms. The van der Waals surface area contributed by atoms with Gasteiger partial charge < -0.3 is 15.5 Å². The average Bonchev–Trinajstić information content (AvgIpc) is 2.94. The van der Waals surface area contributed by atoms with Gasteiger partial charge in [0.05, 0.1) is 6.54 Å². The van der Waals surface area contributed by atoms with E-state index in [0.29, 0.717) is 24.3 Å². The lowest BCUT2D eigenvalue weighted by Crippen LogP contribution is -2.37. The first-order valence-electron chi connectivity index (χ1n) is 11.3. The summed E-state index contributed by atoms with van der Waals surface area (Å²) < 4.78 is 0. The van der Waals surface area contributed by atoms with Crippen molar-refractivity contribution in [1.29, 1.82) is 0 Å². The molecule has 1 aromatic rings. The summed E-state index contributed by atoms with van der Waals surface area (Å²) in [6.07, 6.45) is 8.09. The maximum absolute atomic E-state index is 12.5. The fourth-order valence-electron chi connectivity index (χ4n) is 4.50. The van der Waals surface area contributed by atoms with Crippen molar-refractivity contribution in [1.82, 2.24) is 15.1 Å². The molecule has 2 N–H and O–H groups in total. The van der Waals surface area contributed by atoms with Crippen LogP contribution in [-0.4, -0.2) is 67.4 Å². The molecule has 0 unspecified atom stereocenters. The smallest absolute Gasteiger partial charge is 0.251 e. The molecule has 0 atom stereocenters. The molecule has 0 radical (unpaired) electrons. The van der Waals surface area contributed by atoms with Gasteiger partial charge in [-0.2, -0.15) is 0 Å². The van der Waals surface area contributed by atoms with E-state index >= 15 is 0 Å². The zero-order valence-electron chi connectivity index (χ0n) is 17.8. The van der Waals surface area contributed by atoms with Crippen LogP contribution >= 0.6 is 0 Å². The molecular weight excluding hydrogens is 364 g/mol. The van der Waals surface area contributed by atoms with Gasteiger partial charge >= 0.3 is 0 Å². The SMILES string of the molecule is CCNC(=O)c1cccc(NC(=O)CN2CCCN(CC3CCCCC3)CC2)c1. The first kappa shape index (κ1) is 21.8. The van der Waals surface area contributed by atoms with E-state index in [1.165, 1.54) is 38.6 Å². The van der Waals surface area contributed by atoms with Gasteiger partial charge in [0.2, 0.25) is 5.91 Å². The summed E-state index contributed by atoms with van der Waals surface area (Å²) in [5.41, 5.74) is 1.24. The quantitative estimate of drug-likeness (QED) is 0.739. The maximum atomic E-state index is 12.5. The second-order valence-electron chi connectivity index (χ2n) is 8.42. The molecule has 1 aliphatic carbocycles. The summed E-state index contributed by atoms with van der Waals surface area (Å²) >= 11 is 0. The van der Waals surface area contributed by atoms with Crippen LogP contribution in [0.3, 0.4) is 0 Å². The van der Waals surface area contributed by atoms with Gasteiger partial charge in [-0.05, 0) is 63.4 Å². The van der Waals surface area contributed by atoms with Gasteiger partial charge in [-0.1, -0.05) is 25.3 Å². The van der Waals surface area contributed by atoms with Crippen molar-refractivity contribution in [3.05, 3.63) is 29.8 Å². The zero-order valence-corrected chi connectivity index (χ0v) is 17.8. The first-order chi connectivity index (χ1) is 14.1. The number of nitrogens with one attached hydrogen (secondary N) is 2. The monoisotopic (exact) mass is 400 g/mol. The van der Waals surface area contributed by atoms with E-state index in [4.69, 9.17) is 0 Å². The molecule has 2 amide bonds. The Hall–Kier alpha value is -1.92. The molecule has 1 saturated carbocycles. The Morgan fingerprint density at radius 2 is 1.76 bits per heavy atom. The molecule has 0 bridgehead atoms. The molecule has 6 nitrogen and oxygen atoms in total. The minimum Gasteiger partial charge on any atom is -0.352 e. The van der Waals surface area contributed by atoms with Crippen LogP contribution in [0.4, 0.5) is 5.69 Å². The van der Waals surface area contributed by atoms with Crippen molar-refractivity contribution in [2.24, 2.45) is 5.92 Å². The number of anilines is 1. The number of carbonyl (C=O) groups is 2. The minimum absolute atomic E-state index is 0.0150. The summed E-state index contributed by atoms with van der Waals surface area (Å²) in [5, 5.41) is 5.73. The molecule has 160 valence electrons. The molecule has 2 fully saturated rings. The highest BCUT2D eigenvalue weighted by Gasteiger charge is 2.21. The summed E-state index contributed by atoms with van der Waals surface area (Å²) in [5.74, 6) is 0.740. The normalized spacial score (nSPS) is 19.5. The standard InChI is InChI=1S/C23H36N4O2/c1-2-24-23(29)20-10-6-11-21(16-20)25-22(28)18-27-13-7-12-26(14-15-27)17-19-8-4-3-5-9-19/h6,10-11,16,19H,2-5,7-9,12-15,17-18H2,1H3,(H,24,29)(H,25,28). The van der Waals surface area contributed by atoms with Gasteiger partial charge in [0.1, 0.15) is 0 Å². The van der Waals surface area contributed by atoms with Crippen LogP contribution in [0.15, 0.2) is 24.3 Å². The molecule has 0 spiro atoms. The Morgan fingerprint density at radius 3 is 2.55 bits per heavy atom. The molecule has 1 aliphatic heterocycles. The average molecular weight is 401 g/mol. The molecule has 0 aromatic heterocycles. The Bertz CT molecular complexity index is 673. The van der Waals surface area contributed by atoms with Crippen LogP contribution in [0.1, 0.15) is 55.8 Å². The summed E-state index contributed by atoms with van der Waals surface area (Å²) in [4.78, 5) is 29.4. The van der Waals surface area contributed by atoms with Crippen molar-refractivity contribution < 1.29 is 9.59 Å².